The molecule has 1 heterocycles. The van der Waals surface area contributed by atoms with Gasteiger partial charge >= 0.3 is 0 Å². The van der Waals surface area contributed by atoms with Crippen LogP contribution in [0.2, 0.25) is 0 Å². The Balaban J connectivity index is 2.17. The number of hydrogen-bond acceptors (Lipinski definition) is 2. The van der Waals surface area contributed by atoms with Gasteiger partial charge in [-0.2, -0.15) is 12.6 Å². The molecular formula is C6H12OS. The maximum atomic E-state index is 5.23. The van der Waals surface area contributed by atoms with Crippen molar-refractivity contribution in [3.8, 4) is 0 Å². The summed E-state index contributed by atoms with van der Waals surface area (Å²) in [6.07, 6.45) is 3.73. The quantitative estimate of drug-likeness (QED) is 0.491. The largest absolute Gasteiger partial charge is 0.380 e. The van der Waals surface area contributed by atoms with E-state index in [1.54, 1.807) is 0 Å². The third-order valence-electron chi connectivity index (χ3n) is 1.39. The fourth-order valence-corrected chi connectivity index (χ4v) is 1.17. The van der Waals surface area contributed by atoms with E-state index in [2.05, 4.69) is 12.6 Å². The second-order valence-electron chi connectivity index (χ2n) is 2.22. The van der Waals surface area contributed by atoms with Crippen LogP contribution in [0.15, 0.2) is 0 Å². The van der Waals surface area contributed by atoms with Gasteiger partial charge in [-0.15, -0.1) is 0 Å². The molecule has 1 aliphatic heterocycles. The zero-order chi connectivity index (χ0) is 5.82. The lowest BCUT2D eigenvalue weighted by Crippen LogP contribution is -2.04. The second-order valence-corrected chi connectivity index (χ2v) is 2.95. The minimum absolute atomic E-state index is 0.498. The number of hydrogen-bond donors (Lipinski definition) is 1. The maximum absolute atomic E-state index is 5.23. The number of ether oxygens (including phenoxy) is 1. The van der Waals surface area contributed by atoms with Crippen LogP contribution in [0.5, 0.6) is 0 Å². The standard InChI is InChI=1S/C6H12OS/c8-6-3-1-2-4-7-5-6/h6,8H,1-5H2. The van der Waals surface area contributed by atoms with Crippen molar-refractivity contribution in [2.45, 2.75) is 24.5 Å². The van der Waals surface area contributed by atoms with E-state index < -0.39 is 0 Å². The van der Waals surface area contributed by atoms with E-state index in [-0.39, 0.29) is 0 Å². The van der Waals surface area contributed by atoms with Crippen molar-refractivity contribution in [2.75, 3.05) is 13.2 Å². The molecule has 0 aromatic rings. The molecule has 1 rings (SSSR count). The molecule has 1 nitrogen and oxygen atoms in total. The average Bonchev–Trinajstić information content (AvgIpc) is 1.94. The van der Waals surface area contributed by atoms with E-state index >= 15 is 0 Å². The van der Waals surface area contributed by atoms with Crippen molar-refractivity contribution in [3.05, 3.63) is 0 Å². The number of thiol groups is 1. The molecule has 0 aliphatic carbocycles. The summed E-state index contributed by atoms with van der Waals surface area (Å²) in [6, 6.07) is 0. The van der Waals surface area contributed by atoms with E-state index in [0.29, 0.717) is 5.25 Å². The molecule has 0 radical (unpaired) electrons. The van der Waals surface area contributed by atoms with Crippen LogP contribution in [0.4, 0.5) is 0 Å². The van der Waals surface area contributed by atoms with Crippen LogP contribution in [-0.2, 0) is 4.74 Å². The molecule has 2 heteroatoms. The summed E-state index contributed by atoms with van der Waals surface area (Å²) in [6.45, 7) is 1.79. The van der Waals surface area contributed by atoms with Gasteiger partial charge in [0.1, 0.15) is 0 Å². The normalized spacial score (nSPS) is 31.9. The van der Waals surface area contributed by atoms with Gasteiger partial charge in [0.15, 0.2) is 0 Å². The lowest BCUT2D eigenvalue weighted by Gasteiger charge is -2.02. The number of rotatable bonds is 0. The first-order valence-electron chi connectivity index (χ1n) is 3.15. The summed E-state index contributed by atoms with van der Waals surface area (Å²) in [7, 11) is 0. The molecule has 0 N–H and O–H groups in total. The Kier molecular flexibility index (Phi) is 2.70. The summed E-state index contributed by atoms with van der Waals surface area (Å²) < 4.78 is 5.23. The third-order valence-corrected chi connectivity index (χ3v) is 1.79. The van der Waals surface area contributed by atoms with Gasteiger partial charge < -0.3 is 4.74 Å². The van der Waals surface area contributed by atoms with Gasteiger partial charge in [-0.05, 0) is 19.3 Å². The van der Waals surface area contributed by atoms with Crippen LogP contribution in [0.3, 0.4) is 0 Å². The Hall–Kier alpha value is 0.310. The van der Waals surface area contributed by atoms with E-state index in [0.717, 1.165) is 13.2 Å². The van der Waals surface area contributed by atoms with E-state index in [1.165, 1.54) is 19.3 Å². The van der Waals surface area contributed by atoms with E-state index in [4.69, 9.17) is 4.74 Å². The second kappa shape index (κ2) is 3.36. The van der Waals surface area contributed by atoms with Gasteiger partial charge in [0.2, 0.25) is 0 Å². The molecule has 1 atom stereocenters. The highest BCUT2D eigenvalue weighted by molar-refractivity contribution is 7.81. The van der Waals surface area contributed by atoms with Gasteiger partial charge in [-0.3, -0.25) is 0 Å². The van der Waals surface area contributed by atoms with Crippen molar-refractivity contribution in [1.82, 2.24) is 0 Å². The van der Waals surface area contributed by atoms with Gasteiger partial charge in [-0.25, -0.2) is 0 Å². The molecule has 1 fully saturated rings. The maximum Gasteiger partial charge on any atom is 0.0582 e. The fraction of sp³-hybridized carbons (Fsp3) is 1.00. The molecular weight excluding hydrogens is 120 g/mol. The van der Waals surface area contributed by atoms with Crippen LogP contribution in [0, 0.1) is 0 Å². The molecule has 0 spiro atoms. The molecule has 0 aromatic heterocycles. The minimum atomic E-state index is 0.498. The first kappa shape index (κ1) is 6.43. The predicted molar refractivity (Wildman–Crippen MR) is 37.4 cm³/mol. The molecule has 0 bridgehead atoms. The minimum Gasteiger partial charge on any atom is -0.380 e. The highest BCUT2D eigenvalue weighted by Crippen LogP contribution is 2.11. The van der Waals surface area contributed by atoms with Gasteiger partial charge in [-0.1, -0.05) is 0 Å². The third kappa shape index (κ3) is 2.05. The molecule has 0 saturated carbocycles. The zero-order valence-electron chi connectivity index (χ0n) is 4.97. The van der Waals surface area contributed by atoms with Gasteiger partial charge in [0.25, 0.3) is 0 Å². The summed E-state index contributed by atoms with van der Waals surface area (Å²) in [4.78, 5) is 0. The molecule has 0 aromatic carbocycles. The Morgan fingerprint density at radius 2 is 2.25 bits per heavy atom. The highest BCUT2D eigenvalue weighted by atomic mass is 32.1. The van der Waals surface area contributed by atoms with Crippen LogP contribution in [0.1, 0.15) is 19.3 Å². The van der Waals surface area contributed by atoms with Gasteiger partial charge in [0, 0.05) is 11.9 Å². The Bertz CT molecular complexity index is 57.5. The fourth-order valence-electron chi connectivity index (χ4n) is 0.887. The van der Waals surface area contributed by atoms with Crippen LogP contribution >= 0.6 is 12.6 Å². The van der Waals surface area contributed by atoms with Crippen molar-refractivity contribution in [3.63, 3.8) is 0 Å². The topological polar surface area (TPSA) is 9.23 Å². The Morgan fingerprint density at radius 3 is 3.12 bits per heavy atom. The highest BCUT2D eigenvalue weighted by Gasteiger charge is 2.06. The summed E-state index contributed by atoms with van der Waals surface area (Å²) in [5.41, 5.74) is 0. The average molecular weight is 132 g/mol. The van der Waals surface area contributed by atoms with Crippen LogP contribution in [-0.4, -0.2) is 18.5 Å². The summed E-state index contributed by atoms with van der Waals surface area (Å²) >= 11 is 4.31. The molecule has 1 saturated heterocycles. The SMILES string of the molecule is SC1CCCCOC1. The van der Waals surface area contributed by atoms with Crippen molar-refractivity contribution >= 4 is 12.6 Å². The Labute approximate surface area is 55.8 Å². The molecule has 48 valence electrons. The lowest BCUT2D eigenvalue weighted by molar-refractivity contribution is 0.147. The zero-order valence-corrected chi connectivity index (χ0v) is 5.86. The van der Waals surface area contributed by atoms with Crippen LogP contribution < -0.4 is 0 Å². The first-order chi connectivity index (χ1) is 3.89. The Morgan fingerprint density at radius 1 is 1.38 bits per heavy atom. The van der Waals surface area contributed by atoms with Crippen LogP contribution in [0.25, 0.3) is 0 Å². The monoisotopic (exact) mass is 132 g/mol. The van der Waals surface area contributed by atoms with Crippen molar-refractivity contribution < 1.29 is 4.74 Å². The summed E-state index contributed by atoms with van der Waals surface area (Å²) in [5.74, 6) is 0. The van der Waals surface area contributed by atoms with Crippen molar-refractivity contribution in [2.24, 2.45) is 0 Å². The molecule has 0 amide bonds. The predicted octanol–water partition coefficient (Wildman–Crippen LogP) is 1.49. The molecule has 1 aliphatic rings. The molecule has 1 unspecified atom stereocenters. The van der Waals surface area contributed by atoms with E-state index in [9.17, 15) is 0 Å². The summed E-state index contributed by atoms with van der Waals surface area (Å²) in [5, 5.41) is 0.498. The van der Waals surface area contributed by atoms with E-state index in [1.807, 2.05) is 0 Å². The van der Waals surface area contributed by atoms with Crippen molar-refractivity contribution in [1.29, 1.82) is 0 Å². The van der Waals surface area contributed by atoms with Gasteiger partial charge in [0.05, 0.1) is 6.61 Å². The molecule has 8 heavy (non-hydrogen) atoms. The first-order valence-corrected chi connectivity index (χ1v) is 3.67. The lowest BCUT2D eigenvalue weighted by atomic mass is 10.2. The smallest absolute Gasteiger partial charge is 0.0582 e.